The van der Waals surface area contributed by atoms with Crippen LogP contribution in [0.4, 0.5) is 0 Å². The number of hydrogen-bond acceptors (Lipinski definition) is 1. The first-order valence-electron chi connectivity index (χ1n) is 11.0. The maximum atomic E-state index is 10.0. The Kier molecular flexibility index (Phi) is 20.0. The summed E-state index contributed by atoms with van der Waals surface area (Å²) >= 11 is 0. The molecule has 0 radical (unpaired) electrons. The first kappa shape index (κ1) is 23.0. The Balaban J connectivity index is 3.11. The fourth-order valence-electron chi connectivity index (χ4n) is 3.35. The third-order valence-electron chi connectivity index (χ3n) is 5.03. The average Bonchev–Trinajstić information content (AvgIpc) is 2.55. The van der Waals surface area contributed by atoms with E-state index < -0.39 is 0 Å². The molecule has 140 valence electrons. The molecule has 0 aromatic heterocycles. The predicted molar refractivity (Wildman–Crippen MR) is 105 cm³/mol. The second kappa shape index (κ2) is 20.0. The maximum Gasteiger partial charge on any atom is 0.0540 e. The summed E-state index contributed by atoms with van der Waals surface area (Å²) in [6, 6.07) is 0. The normalized spacial score (nSPS) is 12.7. The summed E-state index contributed by atoms with van der Waals surface area (Å²) in [5.41, 5.74) is 0. The molecule has 1 N–H and O–H groups in total. The molecule has 1 heteroatoms. The van der Waals surface area contributed by atoms with E-state index in [1.54, 1.807) is 0 Å². The van der Waals surface area contributed by atoms with Crippen LogP contribution in [-0.2, 0) is 0 Å². The van der Waals surface area contributed by atoms with Crippen LogP contribution < -0.4 is 0 Å². The highest BCUT2D eigenvalue weighted by Gasteiger charge is 2.03. The SMILES string of the molecule is CCCCCCCCCCCC[C@H](O)CCCCCCCCC. The van der Waals surface area contributed by atoms with Crippen LogP contribution in [0.5, 0.6) is 0 Å². The third-order valence-corrected chi connectivity index (χ3v) is 5.03. The second-order valence-electron chi connectivity index (χ2n) is 7.53. The molecule has 0 amide bonds. The lowest BCUT2D eigenvalue weighted by molar-refractivity contribution is 0.147. The minimum atomic E-state index is -0.0281. The van der Waals surface area contributed by atoms with E-state index in [1.807, 2.05) is 0 Å². The zero-order valence-electron chi connectivity index (χ0n) is 16.5. The molecular formula is C22H46O. The molecule has 0 rings (SSSR count). The Morgan fingerprint density at radius 2 is 0.696 bits per heavy atom. The van der Waals surface area contributed by atoms with Crippen LogP contribution in [0, 0.1) is 0 Å². The average molecular weight is 327 g/mol. The van der Waals surface area contributed by atoms with E-state index >= 15 is 0 Å². The van der Waals surface area contributed by atoms with Crippen LogP contribution in [0.15, 0.2) is 0 Å². The van der Waals surface area contributed by atoms with Crippen LogP contribution in [0.2, 0.25) is 0 Å². The van der Waals surface area contributed by atoms with Gasteiger partial charge in [-0.05, 0) is 12.8 Å². The summed E-state index contributed by atoms with van der Waals surface area (Å²) in [5, 5.41) is 10.0. The van der Waals surface area contributed by atoms with Gasteiger partial charge in [0.1, 0.15) is 0 Å². The minimum absolute atomic E-state index is 0.0281. The van der Waals surface area contributed by atoms with Gasteiger partial charge in [0.15, 0.2) is 0 Å². The maximum absolute atomic E-state index is 10.0. The van der Waals surface area contributed by atoms with Crippen LogP contribution in [0.1, 0.15) is 136 Å². The van der Waals surface area contributed by atoms with Crippen molar-refractivity contribution >= 4 is 0 Å². The van der Waals surface area contributed by atoms with Crippen molar-refractivity contribution in [3.05, 3.63) is 0 Å². The zero-order chi connectivity index (χ0) is 17.0. The van der Waals surface area contributed by atoms with E-state index in [4.69, 9.17) is 0 Å². The van der Waals surface area contributed by atoms with E-state index in [9.17, 15) is 5.11 Å². The summed E-state index contributed by atoms with van der Waals surface area (Å²) in [6.07, 6.45) is 25.3. The lowest BCUT2D eigenvalue weighted by Gasteiger charge is -2.10. The predicted octanol–water partition coefficient (Wildman–Crippen LogP) is 7.80. The van der Waals surface area contributed by atoms with Gasteiger partial charge in [-0.15, -0.1) is 0 Å². The van der Waals surface area contributed by atoms with Crippen molar-refractivity contribution in [3.8, 4) is 0 Å². The highest BCUT2D eigenvalue weighted by Crippen LogP contribution is 2.15. The van der Waals surface area contributed by atoms with E-state index in [2.05, 4.69) is 13.8 Å². The van der Waals surface area contributed by atoms with Crippen molar-refractivity contribution in [2.45, 2.75) is 142 Å². The number of unbranched alkanes of at least 4 members (excludes halogenated alkanes) is 15. The summed E-state index contributed by atoms with van der Waals surface area (Å²) in [4.78, 5) is 0. The van der Waals surface area contributed by atoms with Crippen molar-refractivity contribution < 1.29 is 5.11 Å². The van der Waals surface area contributed by atoms with Crippen LogP contribution in [0.25, 0.3) is 0 Å². The van der Waals surface area contributed by atoms with Gasteiger partial charge in [-0.2, -0.15) is 0 Å². The van der Waals surface area contributed by atoms with Gasteiger partial charge in [0.25, 0.3) is 0 Å². The van der Waals surface area contributed by atoms with Crippen molar-refractivity contribution in [2.24, 2.45) is 0 Å². The zero-order valence-corrected chi connectivity index (χ0v) is 16.5. The van der Waals surface area contributed by atoms with E-state index in [1.165, 1.54) is 109 Å². The van der Waals surface area contributed by atoms with Gasteiger partial charge in [0, 0.05) is 0 Å². The Morgan fingerprint density at radius 1 is 0.435 bits per heavy atom. The van der Waals surface area contributed by atoms with E-state index in [0.29, 0.717) is 0 Å². The smallest absolute Gasteiger partial charge is 0.0540 e. The minimum Gasteiger partial charge on any atom is -0.393 e. The van der Waals surface area contributed by atoms with E-state index in [0.717, 1.165) is 12.8 Å². The fraction of sp³-hybridized carbons (Fsp3) is 1.00. The molecule has 0 aliphatic rings. The first-order chi connectivity index (χ1) is 11.3. The standard InChI is InChI=1S/C22H46O/c1-3-5-7-9-11-12-13-15-17-19-21-22(23)20-18-16-14-10-8-6-4-2/h22-23H,3-21H2,1-2H3/t22-/m1/s1. The Labute approximate surface area is 147 Å². The Morgan fingerprint density at radius 3 is 1.00 bits per heavy atom. The molecule has 0 unspecified atom stereocenters. The second-order valence-corrected chi connectivity index (χ2v) is 7.53. The molecule has 1 nitrogen and oxygen atoms in total. The molecule has 0 aliphatic carbocycles. The van der Waals surface area contributed by atoms with Crippen LogP contribution in [0.3, 0.4) is 0 Å². The van der Waals surface area contributed by atoms with Crippen molar-refractivity contribution in [2.75, 3.05) is 0 Å². The summed E-state index contributed by atoms with van der Waals surface area (Å²) in [5.74, 6) is 0. The summed E-state index contributed by atoms with van der Waals surface area (Å²) in [6.45, 7) is 4.55. The van der Waals surface area contributed by atoms with Gasteiger partial charge in [-0.25, -0.2) is 0 Å². The number of hydrogen-bond donors (Lipinski definition) is 1. The van der Waals surface area contributed by atoms with Crippen molar-refractivity contribution in [1.29, 1.82) is 0 Å². The van der Waals surface area contributed by atoms with Gasteiger partial charge in [-0.1, -0.05) is 123 Å². The molecule has 0 aromatic rings. The summed E-state index contributed by atoms with van der Waals surface area (Å²) < 4.78 is 0. The molecule has 1 atom stereocenters. The molecule has 0 fully saturated rings. The number of aliphatic hydroxyl groups is 1. The molecule has 0 saturated heterocycles. The highest BCUT2D eigenvalue weighted by atomic mass is 16.3. The van der Waals surface area contributed by atoms with E-state index in [-0.39, 0.29) is 6.10 Å². The highest BCUT2D eigenvalue weighted by molar-refractivity contribution is 4.57. The molecule has 0 spiro atoms. The third kappa shape index (κ3) is 19.9. The molecule has 0 heterocycles. The fourth-order valence-corrected chi connectivity index (χ4v) is 3.35. The van der Waals surface area contributed by atoms with Gasteiger partial charge < -0.3 is 5.11 Å². The largest absolute Gasteiger partial charge is 0.393 e. The van der Waals surface area contributed by atoms with Crippen molar-refractivity contribution in [3.63, 3.8) is 0 Å². The molecule has 23 heavy (non-hydrogen) atoms. The molecule has 0 aliphatic heterocycles. The number of rotatable bonds is 19. The van der Waals surface area contributed by atoms with Gasteiger partial charge >= 0.3 is 0 Å². The van der Waals surface area contributed by atoms with Gasteiger partial charge in [0.2, 0.25) is 0 Å². The number of aliphatic hydroxyl groups excluding tert-OH is 1. The quantitative estimate of drug-likeness (QED) is 0.240. The van der Waals surface area contributed by atoms with Gasteiger partial charge in [0.05, 0.1) is 6.10 Å². The molecule has 0 saturated carbocycles. The van der Waals surface area contributed by atoms with Gasteiger partial charge in [-0.3, -0.25) is 0 Å². The molecule has 0 bridgehead atoms. The molecule has 0 aromatic carbocycles. The Bertz CT molecular complexity index is 202. The summed E-state index contributed by atoms with van der Waals surface area (Å²) in [7, 11) is 0. The Hall–Kier alpha value is -0.0400. The topological polar surface area (TPSA) is 20.2 Å². The molecular weight excluding hydrogens is 280 g/mol. The lowest BCUT2D eigenvalue weighted by atomic mass is 10.0. The first-order valence-corrected chi connectivity index (χ1v) is 11.0. The van der Waals surface area contributed by atoms with Crippen LogP contribution >= 0.6 is 0 Å². The van der Waals surface area contributed by atoms with Crippen molar-refractivity contribution in [1.82, 2.24) is 0 Å². The lowest BCUT2D eigenvalue weighted by Crippen LogP contribution is -2.05. The monoisotopic (exact) mass is 326 g/mol. The van der Waals surface area contributed by atoms with Crippen LogP contribution in [-0.4, -0.2) is 11.2 Å².